The van der Waals surface area contributed by atoms with Crippen LogP contribution in [0.15, 0.2) is 48.5 Å². The van der Waals surface area contributed by atoms with E-state index in [1.165, 1.54) is 0 Å². The van der Waals surface area contributed by atoms with Crippen molar-refractivity contribution in [2.45, 2.75) is 6.54 Å². The highest BCUT2D eigenvalue weighted by Crippen LogP contribution is 2.17. The Morgan fingerprint density at radius 3 is 2.32 bits per heavy atom. The number of nitrogen functional groups attached to an aromatic ring is 1. The Bertz CT molecular complexity index is 704. The van der Waals surface area contributed by atoms with Crippen LogP contribution >= 0.6 is 24.8 Å². The lowest BCUT2D eigenvalue weighted by Gasteiger charge is -2.35. The fraction of sp³-hybridized carbons (Fsp3) is 0.278. The number of carbonyl (C=O) groups excluding carboxylic acids is 1. The van der Waals surface area contributed by atoms with Gasteiger partial charge in [-0.1, -0.05) is 24.3 Å². The van der Waals surface area contributed by atoms with Gasteiger partial charge in [0.2, 0.25) is 0 Å². The number of phenolic OH excluding ortho intramolecular Hbond substituents is 1. The minimum Gasteiger partial charge on any atom is -0.508 e. The second-order valence-corrected chi connectivity index (χ2v) is 5.83. The maximum Gasteiger partial charge on any atom is 0.256 e. The Morgan fingerprint density at radius 2 is 1.68 bits per heavy atom. The quantitative estimate of drug-likeness (QED) is 0.799. The molecule has 0 aromatic heterocycles. The van der Waals surface area contributed by atoms with Crippen molar-refractivity contribution in [1.82, 2.24) is 9.80 Å². The molecule has 1 heterocycles. The zero-order valence-corrected chi connectivity index (χ0v) is 15.4. The maximum atomic E-state index is 12.5. The van der Waals surface area contributed by atoms with E-state index in [0.717, 1.165) is 25.2 Å². The summed E-state index contributed by atoms with van der Waals surface area (Å²) >= 11 is 0. The highest BCUT2D eigenvalue weighted by Gasteiger charge is 2.23. The van der Waals surface area contributed by atoms with Crippen molar-refractivity contribution in [3.05, 3.63) is 59.7 Å². The van der Waals surface area contributed by atoms with E-state index in [9.17, 15) is 9.90 Å². The average Bonchev–Trinajstić information content (AvgIpc) is 2.55. The van der Waals surface area contributed by atoms with Gasteiger partial charge in [0.25, 0.3) is 5.91 Å². The van der Waals surface area contributed by atoms with Gasteiger partial charge in [0.15, 0.2) is 0 Å². The first-order chi connectivity index (χ1) is 11.1. The molecule has 2 aromatic rings. The summed E-state index contributed by atoms with van der Waals surface area (Å²) in [6.45, 7) is 3.78. The highest BCUT2D eigenvalue weighted by molar-refractivity contribution is 5.99. The normalized spacial score (nSPS) is 14.3. The van der Waals surface area contributed by atoms with Crippen LogP contribution in [-0.2, 0) is 6.54 Å². The van der Waals surface area contributed by atoms with Gasteiger partial charge < -0.3 is 15.7 Å². The lowest BCUT2D eigenvalue weighted by Crippen LogP contribution is -2.48. The standard InChI is InChI=1S/C18H21N3O2.2ClH/c19-17-7-2-1-6-16(17)18(23)21-10-8-20(9-11-21)13-14-4-3-5-15(22)12-14;;/h1-7,12,22H,8-11,13,19H2;2*1H. The number of phenols is 1. The Labute approximate surface area is 160 Å². The first kappa shape index (κ1) is 21.1. The first-order valence-electron chi connectivity index (χ1n) is 7.77. The SMILES string of the molecule is Cl.Cl.Nc1ccccc1C(=O)N1CCN(Cc2cccc(O)c2)CC1. The molecule has 0 aliphatic carbocycles. The summed E-state index contributed by atoms with van der Waals surface area (Å²) < 4.78 is 0. The summed E-state index contributed by atoms with van der Waals surface area (Å²) in [6, 6.07) is 14.5. The molecule has 0 bridgehead atoms. The number of anilines is 1. The van der Waals surface area contributed by atoms with Crippen molar-refractivity contribution in [3.63, 3.8) is 0 Å². The third-order valence-corrected chi connectivity index (χ3v) is 4.17. The maximum absolute atomic E-state index is 12.5. The topological polar surface area (TPSA) is 69.8 Å². The number of amides is 1. The van der Waals surface area contributed by atoms with Gasteiger partial charge in [-0.3, -0.25) is 9.69 Å². The smallest absolute Gasteiger partial charge is 0.256 e. The molecule has 0 radical (unpaired) electrons. The minimum absolute atomic E-state index is 0. The van der Waals surface area contributed by atoms with E-state index in [-0.39, 0.29) is 36.5 Å². The van der Waals surface area contributed by atoms with E-state index in [4.69, 9.17) is 5.73 Å². The molecule has 0 unspecified atom stereocenters. The van der Waals surface area contributed by atoms with Crippen molar-refractivity contribution < 1.29 is 9.90 Å². The average molecular weight is 384 g/mol. The second-order valence-electron chi connectivity index (χ2n) is 5.83. The van der Waals surface area contributed by atoms with Crippen LogP contribution in [0.3, 0.4) is 0 Å². The number of hydrogen-bond acceptors (Lipinski definition) is 4. The molecule has 0 atom stereocenters. The summed E-state index contributed by atoms with van der Waals surface area (Å²) in [7, 11) is 0. The zero-order valence-electron chi connectivity index (χ0n) is 13.8. The van der Waals surface area contributed by atoms with Crippen LogP contribution in [0.1, 0.15) is 15.9 Å². The minimum atomic E-state index is 0. The largest absolute Gasteiger partial charge is 0.508 e. The number of aromatic hydroxyl groups is 1. The number of benzene rings is 2. The Kier molecular flexibility index (Phi) is 8.03. The fourth-order valence-electron chi connectivity index (χ4n) is 2.88. The summed E-state index contributed by atoms with van der Waals surface area (Å²) in [6.07, 6.45) is 0. The van der Waals surface area contributed by atoms with Gasteiger partial charge >= 0.3 is 0 Å². The molecular weight excluding hydrogens is 361 g/mol. The molecule has 1 aliphatic rings. The van der Waals surface area contributed by atoms with Crippen LogP contribution in [-0.4, -0.2) is 47.0 Å². The number of carbonyl (C=O) groups is 1. The molecule has 1 saturated heterocycles. The summed E-state index contributed by atoms with van der Waals surface area (Å²) in [4.78, 5) is 16.7. The summed E-state index contributed by atoms with van der Waals surface area (Å²) in [5.41, 5.74) is 8.08. The van der Waals surface area contributed by atoms with Crippen LogP contribution in [0.4, 0.5) is 5.69 Å². The van der Waals surface area contributed by atoms with Crippen LogP contribution in [0.5, 0.6) is 5.75 Å². The van der Waals surface area contributed by atoms with E-state index in [1.54, 1.807) is 24.3 Å². The van der Waals surface area contributed by atoms with Crippen LogP contribution in [0, 0.1) is 0 Å². The van der Waals surface area contributed by atoms with Gasteiger partial charge in [-0.25, -0.2) is 0 Å². The molecule has 5 nitrogen and oxygen atoms in total. The lowest BCUT2D eigenvalue weighted by molar-refractivity contribution is 0.0629. The predicted molar refractivity (Wildman–Crippen MR) is 105 cm³/mol. The molecular formula is C18H23Cl2N3O2. The third-order valence-electron chi connectivity index (χ3n) is 4.17. The number of halogens is 2. The number of para-hydroxylation sites is 1. The molecule has 1 amide bonds. The van der Waals surface area contributed by atoms with Gasteiger partial charge in [-0.2, -0.15) is 0 Å². The van der Waals surface area contributed by atoms with E-state index < -0.39 is 0 Å². The van der Waals surface area contributed by atoms with Crippen LogP contribution in [0.2, 0.25) is 0 Å². The number of nitrogens with zero attached hydrogens (tertiary/aromatic N) is 2. The van der Waals surface area contributed by atoms with Crippen molar-refractivity contribution in [2.75, 3.05) is 31.9 Å². The van der Waals surface area contributed by atoms with Gasteiger partial charge in [-0.15, -0.1) is 24.8 Å². The van der Waals surface area contributed by atoms with E-state index in [1.807, 2.05) is 29.2 Å². The van der Waals surface area contributed by atoms with Crippen molar-refractivity contribution in [1.29, 1.82) is 0 Å². The molecule has 0 saturated carbocycles. The number of hydrogen-bond donors (Lipinski definition) is 2. The molecule has 1 aliphatic heterocycles. The number of rotatable bonds is 3. The van der Waals surface area contributed by atoms with Crippen molar-refractivity contribution in [3.8, 4) is 5.75 Å². The molecule has 136 valence electrons. The predicted octanol–water partition coefficient (Wildman–Crippen LogP) is 2.78. The molecule has 25 heavy (non-hydrogen) atoms. The highest BCUT2D eigenvalue weighted by atomic mass is 35.5. The van der Waals surface area contributed by atoms with E-state index in [0.29, 0.717) is 24.3 Å². The second kappa shape index (κ2) is 9.51. The van der Waals surface area contributed by atoms with Gasteiger partial charge in [0, 0.05) is 38.4 Å². The van der Waals surface area contributed by atoms with Crippen molar-refractivity contribution in [2.24, 2.45) is 0 Å². The van der Waals surface area contributed by atoms with Crippen LogP contribution < -0.4 is 5.73 Å². The Morgan fingerprint density at radius 1 is 1.00 bits per heavy atom. The van der Waals surface area contributed by atoms with Crippen molar-refractivity contribution >= 4 is 36.4 Å². The molecule has 2 aromatic carbocycles. The Hall–Kier alpha value is -1.95. The fourth-order valence-corrected chi connectivity index (χ4v) is 2.88. The molecule has 0 spiro atoms. The third kappa shape index (κ3) is 5.26. The van der Waals surface area contributed by atoms with E-state index in [2.05, 4.69) is 4.90 Å². The number of piperazine rings is 1. The molecule has 1 fully saturated rings. The molecule has 3 rings (SSSR count). The van der Waals surface area contributed by atoms with Crippen LogP contribution in [0.25, 0.3) is 0 Å². The van der Waals surface area contributed by atoms with Gasteiger partial charge in [-0.05, 0) is 29.8 Å². The zero-order chi connectivity index (χ0) is 16.2. The van der Waals surface area contributed by atoms with Gasteiger partial charge in [0.05, 0.1) is 5.56 Å². The van der Waals surface area contributed by atoms with E-state index >= 15 is 0 Å². The summed E-state index contributed by atoms with van der Waals surface area (Å²) in [5, 5.41) is 9.53. The lowest BCUT2D eigenvalue weighted by atomic mass is 10.1. The summed E-state index contributed by atoms with van der Waals surface area (Å²) in [5.74, 6) is 0.288. The molecule has 3 N–H and O–H groups in total. The molecule has 7 heteroatoms. The number of nitrogens with two attached hydrogens (primary N) is 1. The Balaban J connectivity index is 0.00000156. The van der Waals surface area contributed by atoms with Gasteiger partial charge in [0.1, 0.15) is 5.75 Å². The first-order valence-corrected chi connectivity index (χ1v) is 7.77. The monoisotopic (exact) mass is 383 g/mol.